The van der Waals surface area contributed by atoms with Crippen molar-refractivity contribution in [3.05, 3.63) is 35.9 Å². The van der Waals surface area contributed by atoms with Crippen LogP contribution >= 0.6 is 11.6 Å². The van der Waals surface area contributed by atoms with Crippen LogP contribution in [0.15, 0.2) is 30.3 Å². The molecule has 0 spiro atoms. The first-order valence-electron chi connectivity index (χ1n) is 4.75. The van der Waals surface area contributed by atoms with Crippen molar-refractivity contribution in [1.82, 2.24) is 5.32 Å². The van der Waals surface area contributed by atoms with Crippen LogP contribution < -0.4 is 5.32 Å². The molecule has 15 heavy (non-hydrogen) atoms. The van der Waals surface area contributed by atoms with Crippen molar-refractivity contribution in [2.75, 3.05) is 5.88 Å². The lowest BCUT2D eigenvalue weighted by atomic mass is 10.2. The number of halogens is 1. The maximum atomic E-state index is 11.2. The molecule has 1 N–H and O–H groups in total. The molecule has 4 heteroatoms. The van der Waals surface area contributed by atoms with E-state index in [2.05, 4.69) is 5.32 Å². The van der Waals surface area contributed by atoms with Gasteiger partial charge in [-0.1, -0.05) is 30.3 Å². The first-order valence-corrected chi connectivity index (χ1v) is 5.29. The fraction of sp³-hybridized carbons (Fsp3) is 0.364. The van der Waals surface area contributed by atoms with Crippen LogP contribution in [0.4, 0.5) is 4.79 Å². The van der Waals surface area contributed by atoms with E-state index in [4.69, 9.17) is 16.3 Å². The van der Waals surface area contributed by atoms with E-state index in [9.17, 15) is 4.79 Å². The molecular weight excluding hydrogens is 214 g/mol. The van der Waals surface area contributed by atoms with Crippen molar-refractivity contribution in [3.63, 3.8) is 0 Å². The molecule has 1 aromatic rings. The number of hydrogen-bond donors (Lipinski definition) is 1. The van der Waals surface area contributed by atoms with E-state index < -0.39 is 6.09 Å². The van der Waals surface area contributed by atoms with Gasteiger partial charge in [-0.2, -0.15) is 0 Å². The van der Waals surface area contributed by atoms with Gasteiger partial charge in [0.15, 0.2) is 0 Å². The standard InChI is InChI=1S/C11H14ClNO2/c1-9(7-12)13-11(14)15-8-10-5-3-2-4-6-10/h2-6,9H,7-8H2,1H3,(H,13,14). The topological polar surface area (TPSA) is 38.3 Å². The van der Waals surface area contributed by atoms with Crippen LogP contribution in [-0.2, 0) is 11.3 Å². The van der Waals surface area contributed by atoms with Crippen LogP contribution in [0.2, 0.25) is 0 Å². The van der Waals surface area contributed by atoms with Gasteiger partial charge in [0, 0.05) is 11.9 Å². The maximum Gasteiger partial charge on any atom is 0.407 e. The molecule has 0 aliphatic rings. The molecule has 0 bridgehead atoms. The summed E-state index contributed by atoms with van der Waals surface area (Å²) in [6.07, 6.45) is -0.438. The van der Waals surface area contributed by atoms with E-state index in [0.29, 0.717) is 5.88 Å². The molecule has 0 saturated heterocycles. The van der Waals surface area contributed by atoms with E-state index in [0.717, 1.165) is 5.56 Å². The van der Waals surface area contributed by atoms with Gasteiger partial charge in [0.05, 0.1) is 0 Å². The molecule has 82 valence electrons. The molecule has 1 amide bonds. The zero-order chi connectivity index (χ0) is 11.1. The Bertz CT molecular complexity index is 303. The largest absolute Gasteiger partial charge is 0.445 e. The lowest BCUT2D eigenvalue weighted by Crippen LogP contribution is -2.34. The van der Waals surface area contributed by atoms with Crippen molar-refractivity contribution in [1.29, 1.82) is 0 Å². The van der Waals surface area contributed by atoms with Crippen LogP contribution in [0.1, 0.15) is 12.5 Å². The first-order chi connectivity index (χ1) is 7.22. The predicted molar refractivity (Wildman–Crippen MR) is 59.9 cm³/mol. The minimum Gasteiger partial charge on any atom is -0.445 e. The molecule has 0 fully saturated rings. The molecule has 0 heterocycles. The van der Waals surface area contributed by atoms with E-state index in [1.807, 2.05) is 37.3 Å². The summed E-state index contributed by atoms with van der Waals surface area (Å²) in [5, 5.41) is 2.61. The number of alkyl halides is 1. The molecule has 0 aliphatic heterocycles. The van der Waals surface area contributed by atoms with Crippen molar-refractivity contribution in [3.8, 4) is 0 Å². The van der Waals surface area contributed by atoms with E-state index in [1.54, 1.807) is 0 Å². The van der Waals surface area contributed by atoms with Gasteiger partial charge in [-0.3, -0.25) is 0 Å². The normalized spacial score (nSPS) is 11.9. The van der Waals surface area contributed by atoms with Gasteiger partial charge in [-0.15, -0.1) is 11.6 Å². The van der Waals surface area contributed by atoms with Gasteiger partial charge in [0.1, 0.15) is 6.61 Å². The number of nitrogens with one attached hydrogen (secondary N) is 1. The van der Waals surface area contributed by atoms with Gasteiger partial charge in [0.25, 0.3) is 0 Å². The van der Waals surface area contributed by atoms with Crippen molar-refractivity contribution < 1.29 is 9.53 Å². The van der Waals surface area contributed by atoms with Crippen molar-refractivity contribution in [2.45, 2.75) is 19.6 Å². The SMILES string of the molecule is CC(CCl)NC(=O)OCc1ccccc1. The summed E-state index contributed by atoms with van der Waals surface area (Å²) in [7, 11) is 0. The average Bonchev–Trinajstić information content (AvgIpc) is 2.27. The highest BCUT2D eigenvalue weighted by Gasteiger charge is 2.06. The number of rotatable bonds is 4. The summed E-state index contributed by atoms with van der Waals surface area (Å²) >= 11 is 5.54. The lowest BCUT2D eigenvalue weighted by Gasteiger charge is -2.10. The maximum absolute atomic E-state index is 11.2. The number of hydrogen-bond acceptors (Lipinski definition) is 2. The fourth-order valence-corrected chi connectivity index (χ4v) is 1.08. The summed E-state index contributed by atoms with van der Waals surface area (Å²) in [5.74, 6) is 0.375. The number of alkyl carbamates (subject to hydrolysis) is 1. The van der Waals surface area contributed by atoms with Gasteiger partial charge in [-0.25, -0.2) is 4.79 Å². The van der Waals surface area contributed by atoms with Crippen LogP contribution in [0.3, 0.4) is 0 Å². The second kappa shape index (κ2) is 6.30. The smallest absolute Gasteiger partial charge is 0.407 e. The average molecular weight is 228 g/mol. The Balaban J connectivity index is 2.29. The monoisotopic (exact) mass is 227 g/mol. The highest BCUT2D eigenvalue weighted by molar-refractivity contribution is 6.18. The quantitative estimate of drug-likeness (QED) is 0.803. The second-order valence-corrected chi connectivity index (χ2v) is 3.57. The van der Waals surface area contributed by atoms with Gasteiger partial charge < -0.3 is 10.1 Å². The van der Waals surface area contributed by atoms with E-state index in [-0.39, 0.29) is 12.6 Å². The zero-order valence-electron chi connectivity index (χ0n) is 8.57. The third kappa shape index (κ3) is 4.70. The Morgan fingerprint density at radius 1 is 1.47 bits per heavy atom. The van der Waals surface area contributed by atoms with E-state index >= 15 is 0 Å². The molecule has 3 nitrogen and oxygen atoms in total. The Hall–Kier alpha value is -1.22. The molecule has 0 radical (unpaired) electrons. The molecular formula is C11H14ClNO2. The summed E-state index contributed by atoms with van der Waals surface area (Å²) < 4.78 is 4.99. The lowest BCUT2D eigenvalue weighted by molar-refractivity contribution is 0.137. The minimum absolute atomic E-state index is 0.0741. The van der Waals surface area contributed by atoms with Crippen molar-refractivity contribution >= 4 is 17.7 Å². The summed E-state index contributed by atoms with van der Waals surface area (Å²) in [5.41, 5.74) is 0.964. The van der Waals surface area contributed by atoms with Gasteiger partial charge in [0.2, 0.25) is 0 Å². The van der Waals surface area contributed by atoms with Crippen LogP contribution in [0, 0.1) is 0 Å². The van der Waals surface area contributed by atoms with Crippen molar-refractivity contribution in [2.24, 2.45) is 0 Å². The van der Waals surface area contributed by atoms with Crippen LogP contribution in [0.25, 0.3) is 0 Å². The zero-order valence-corrected chi connectivity index (χ0v) is 9.33. The Morgan fingerprint density at radius 3 is 2.73 bits per heavy atom. The molecule has 1 unspecified atom stereocenters. The molecule has 0 aliphatic carbocycles. The Morgan fingerprint density at radius 2 is 2.13 bits per heavy atom. The van der Waals surface area contributed by atoms with Gasteiger partial charge in [-0.05, 0) is 12.5 Å². The van der Waals surface area contributed by atoms with Gasteiger partial charge >= 0.3 is 6.09 Å². The number of ether oxygens (including phenoxy) is 1. The number of carbonyl (C=O) groups excluding carboxylic acids is 1. The third-order valence-electron chi connectivity index (χ3n) is 1.81. The second-order valence-electron chi connectivity index (χ2n) is 3.26. The Labute approximate surface area is 94.4 Å². The number of amides is 1. The van der Waals surface area contributed by atoms with Crippen LogP contribution in [0.5, 0.6) is 0 Å². The summed E-state index contributed by atoms with van der Waals surface area (Å²) in [6, 6.07) is 9.45. The molecule has 0 aromatic heterocycles. The minimum atomic E-state index is -0.438. The summed E-state index contributed by atoms with van der Waals surface area (Å²) in [6.45, 7) is 2.10. The molecule has 1 rings (SSSR count). The highest BCUT2D eigenvalue weighted by Crippen LogP contribution is 2.00. The van der Waals surface area contributed by atoms with E-state index in [1.165, 1.54) is 0 Å². The number of carbonyl (C=O) groups is 1. The molecule has 1 atom stereocenters. The highest BCUT2D eigenvalue weighted by atomic mass is 35.5. The molecule has 1 aromatic carbocycles. The number of benzene rings is 1. The third-order valence-corrected chi connectivity index (χ3v) is 2.27. The summed E-state index contributed by atoms with van der Waals surface area (Å²) in [4.78, 5) is 11.2. The fourth-order valence-electron chi connectivity index (χ4n) is 1.00. The Kier molecular flexibility index (Phi) is 4.98. The van der Waals surface area contributed by atoms with Crippen LogP contribution in [-0.4, -0.2) is 18.0 Å². The first kappa shape index (κ1) is 11.9. The predicted octanol–water partition coefficient (Wildman–Crippen LogP) is 2.54. The molecule has 0 saturated carbocycles.